The highest BCUT2D eigenvalue weighted by Crippen LogP contribution is 2.29. The summed E-state index contributed by atoms with van der Waals surface area (Å²) in [5.41, 5.74) is 0.434. The van der Waals surface area contributed by atoms with Crippen molar-refractivity contribution < 1.29 is 23.0 Å². The largest absolute Gasteiger partial charge is 0.573 e. The zero-order valence-corrected chi connectivity index (χ0v) is 11.4. The Balaban J connectivity index is 3.15. The minimum atomic E-state index is -4.77. The topological polar surface area (TPSA) is 42.4 Å². The van der Waals surface area contributed by atoms with E-state index in [1.54, 1.807) is 0 Å². The fourth-order valence-corrected chi connectivity index (χ4v) is 1.99. The zero-order valence-electron chi connectivity index (χ0n) is 7.68. The highest BCUT2D eigenvalue weighted by molar-refractivity contribution is 14.1. The molecule has 0 amide bonds. The summed E-state index contributed by atoms with van der Waals surface area (Å²) >= 11 is 4.86. The van der Waals surface area contributed by atoms with Crippen molar-refractivity contribution in [2.75, 3.05) is 0 Å². The van der Waals surface area contributed by atoms with Crippen LogP contribution in [0.15, 0.2) is 6.07 Å². The Morgan fingerprint density at radius 2 is 2.12 bits per heavy atom. The van der Waals surface area contributed by atoms with Crippen LogP contribution in [0.4, 0.5) is 13.2 Å². The van der Waals surface area contributed by atoms with E-state index < -0.39 is 12.1 Å². The van der Waals surface area contributed by atoms with E-state index in [1.165, 1.54) is 0 Å². The van der Waals surface area contributed by atoms with Crippen LogP contribution in [0.25, 0.3) is 0 Å². The van der Waals surface area contributed by atoms with Crippen LogP contribution in [0, 0.1) is 3.70 Å². The summed E-state index contributed by atoms with van der Waals surface area (Å²) in [4.78, 5) is 3.90. The normalized spacial score (nSPS) is 11.6. The molecule has 8 heteroatoms. The number of nitrogens with zero attached hydrogens (tertiary/aromatic N) is 1. The van der Waals surface area contributed by atoms with Gasteiger partial charge in [-0.25, -0.2) is 4.98 Å². The van der Waals surface area contributed by atoms with Gasteiger partial charge < -0.3 is 9.84 Å². The van der Waals surface area contributed by atoms with Crippen LogP contribution >= 0.6 is 38.5 Å². The van der Waals surface area contributed by atoms with Crippen molar-refractivity contribution in [3.63, 3.8) is 0 Å². The first-order valence-corrected chi connectivity index (χ1v) is 6.18. The minimum absolute atomic E-state index is 0.138. The lowest BCUT2D eigenvalue weighted by Gasteiger charge is -2.13. The second-order valence-corrected chi connectivity index (χ2v) is 4.31. The van der Waals surface area contributed by atoms with Crippen LogP contribution in [-0.2, 0) is 11.9 Å². The van der Waals surface area contributed by atoms with Gasteiger partial charge in [0, 0.05) is 10.9 Å². The van der Waals surface area contributed by atoms with Gasteiger partial charge in [-0.3, -0.25) is 0 Å². The number of aromatic nitrogens is 1. The number of halogens is 5. The highest BCUT2D eigenvalue weighted by atomic mass is 127. The quantitative estimate of drug-likeness (QED) is 0.472. The zero-order chi connectivity index (χ0) is 12.3. The number of hydrogen-bond donors (Lipinski definition) is 1. The molecule has 1 aromatic heterocycles. The van der Waals surface area contributed by atoms with Crippen molar-refractivity contribution in [3.05, 3.63) is 21.0 Å². The summed E-state index contributed by atoms with van der Waals surface area (Å²) in [5, 5.41) is 9.05. The molecule has 1 N–H and O–H groups in total. The van der Waals surface area contributed by atoms with Crippen LogP contribution in [-0.4, -0.2) is 16.5 Å². The number of rotatable bonds is 3. The minimum Gasteiger partial charge on any atom is -0.404 e. The van der Waals surface area contributed by atoms with E-state index in [0.717, 1.165) is 6.07 Å². The van der Waals surface area contributed by atoms with Gasteiger partial charge in [-0.1, -0.05) is 15.9 Å². The molecule has 0 radical (unpaired) electrons. The van der Waals surface area contributed by atoms with Crippen molar-refractivity contribution in [2.45, 2.75) is 18.3 Å². The number of pyridine rings is 1. The maximum absolute atomic E-state index is 12.1. The van der Waals surface area contributed by atoms with E-state index in [4.69, 9.17) is 5.11 Å². The third-order valence-electron chi connectivity index (χ3n) is 1.61. The Hall–Kier alpha value is -0.0900. The van der Waals surface area contributed by atoms with Crippen LogP contribution < -0.4 is 4.74 Å². The lowest BCUT2D eigenvalue weighted by molar-refractivity contribution is -0.275. The van der Waals surface area contributed by atoms with E-state index in [1.807, 2.05) is 22.6 Å². The molecule has 0 atom stereocenters. The molecule has 1 rings (SSSR count). The summed E-state index contributed by atoms with van der Waals surface area (Å²) in [6, 6.07) is 1.14. The van der Waals surface area contributed by atoms with Gasteiger partial charge in [-0.15, -0.1) is 13.2 Å². The maximum Gasteiger partial charge on any atom is 0.573 e. The molecule has 0 spiro atoms. The summed E-state index contributed by atoms with van der Waals surface area (Å²) in [6.45, 7) is -0.387. The summed E-state index contributed by atoms with van der Waals surface area (Å²) < 4.78 is 40.5. The van der Waals surface area contributed by atoms with Gasteiger partial charge in [0.2, 0.25) is 0 Å². The summed E-state index contributed by atoms with van der Waals surface area (Å²) in [5.74, 6) is -0.395. The van der Waals surface area contributed by atoms with Crippen LogP contribution in [0.3, 0.4) is 0 Å². The van der Waals surface area contributed by atoms with Crippen LogP contribution in [0.1, 0.15) is 11.3 Å². The maximum atomic E-state index is 12.1. The molecule has 0 aliphatic carbocycles. The fourth-order valence-electron chi connectivity index (χ4n) is 0.966. The number of alkyl halides is 4. The SMILES string of the molecule is OCc1cc(OC(F)(F)F)c(CBr)nc1I. The van der Waals surface area contributed by atoms with Crippen molar-refractivity contribution in [2.24, 2.45) is 0 Å². The lowest BCUT2D eigenvalue weighted by atomic mass is 10.2. The van der Waals surface area contributed by atoms with Gasteiger partial charge >= 0.3 is 6.36 Å². The Bertz CT molecular complexity index is 386. The number of aliphatic hydroxyl groups is 1. The number of aliphatic hydroxyl groups excluding tert-OH is 1. The Morgan fingerprint density at radius 3 is 2.56 bits per heavy atom. The molecule has 1 heterocycles. The van der Waals surface area contributed by atoms with Gasteiger partial charge in [-0.05, 0) is 28.7 Å². The van der Waals surface area contributed by atoms with Crippen molar-refractivity contribution in [1.82, 2.24) is 4.98 Å². The second kappa shape index (κ2) is 5.50. The average molecular weight is 412 g/mol. The van der Waals surface area contributed by atoms with Crippen molar-refractivity contribution in [1.29, 1.82) is 0 Å². The van der Waals surface area contributed by atoms with Gasteiger partial charge in [0.15, 0.2) is 5.75 Å². The van der Waals surface area contributed by atoms with Gasteiger partial charge in [0.25, 0.3) is 0 Å². The monoisotopic (exact) mass is 411 g/mol. The van der Waals surface area contributed by atoms with E-state index in [-0.39, 0.29) is 17.6 Å². The van der Waals surface area contributed by atoms with E-state index in [0.29, 0.717) is 9.26 Å². The van der Waals surface area contributed by atoms with Gasteiger partial charge in [0.05, 0.1) is 12.3 Å². The third-order valence-corrected chi connectivity index (χ3v) is 3.08. The van der Waals surface area contributed by atoms with E-state index >= 15 is 0 Å². The fraction of sp³-hybridized carbons (Fsp3) is 0.375. The summed E-state index contributed by atoms with van der Waals surface area (Å²) in [6.07, 6.45) is -4.77. The average Bonchev–Trinajstić information content (AvgIpc) is 2.18. The molecule has 0 fully saturated rings. The Kier molecular flexibility index (Phi) is 4.80. The molecular formula is C8H6BrF3INO2. The van der Waals surface area contributed by atoms with Crippen molar-refractivity contribution in [3.8, 4) is 5.75 Å². The first kappa shape index (κ1) is 14.0. The molecule has 0 aliphatic heterocycles. The van der Waals surface area contributed by atoms with Crippen LogP contribution in [0.2, 0.25) is 0 Å². The highest BCUT2D eigenvalue weighted by Gasteiger charge is 2.32. The smallest absolute Gasteiger partial charge is 0.404 e. The molecule has 16 heavy (non-hydrogen) atoms. The number of hydrogen-bond acceptors (Lipinski definition) is 3. The molecule has 0 saturated heterocycles. The van der Waals surface area contributed by atoms with E-state index in [9.17, 15) is 13.2 Å². The predicted molar refractivity (Wildman–Crippen MR) is 62.2 cm³/mol. The number of ether oxygens (including phenoxy) is 1. The Morgan fingerprint density at radius 1 is 1.50 bits per heavy atom. The second-order valence-electron chi connectivity index (χ2n) is 2.72. The molecule has 90 valence electrons. The lowest BCUT2D eigenvalue weighted by Crippen LogP contribution is -2.19. The molecule has 0 aliphatic rings. The predicted octanol–water partition coefficient (Wildman–Crippen LogP) is 2.97. The van der Waals surface area contributed by atoms with Gasteiger partial charge in [-0.2, -0.15) is 0 Å². The molecule has 1 aromatic rings. The first-order chi connectivity index (χ1) is 7.37. The molecule has 0 saturated carbocycles. The van der Waals surface area contributed by atoms with Crippen molar-refractivity contribution >= 4 is 38.5 Å². The summed E-state index contributed by atoms with van der Waals surface area (Å²) in [7, 11) is 0. The molecule has 3 nitrogen and oxygen atoms in total. The molecule has 0 aromatic carbocycles. The third kappa shape index (κ3) is 3.74. The van der Waals surface area contributed by atoms with E-state index in [2.05, 4.69) is 25.7 Å². The molecule has 0 bridgehead atoms. The Labute approximate surface area is 111 Å². The van der Waals surface area contributed by atoms with Crippen LogP contribution in [0.5, 0.6) is 5.75 Å². The molecule has 0 unspecified atom stereocenters. The first-order valence-electron chi connectivity index (χ1n) is 3.98. The molecular weight excluding hydrogens is 406 g/mol. The van der Waals surface area contributed by atoms with Gasteiger partial charge in [0.1, 0.15) is 3.70 Å². The standard InChI is InChI=1S/C8H6BrF3INO2/c9-2-5-6(16-8(10,11)12)1-4(3-15)7(13)14-5/h1,15H,2-3H2.